The molecule has 4 rings (SSSR count). The molecule has 6 N–H and O–H groups in total. The number of likely N-dealkylation sites (N-methyl/N-ethyl adjacent to an activating group) is 1. The topological polar surface area (TPSA) is 231 Å². The fourth-order valence-electron chi connectivity index (χ4n) is 5.86. The number of hydrogen-bond acceptors (Lipinski definition) is 9. The highest BCUT2D eigenvalue weighted by Crippen LogP contribution is 2.39. The molecule has 2 aromatic carbocycles. The van der Waals surface area contributed by atoms with Crippen LogP contribution < -0.4 is 15.8 Å². The largest absolute Gasteiger partial charge is 0.481 e. The minimum absolute atomic E-state index is 0.131. The molecule has 0 spiro atoms. The van der Waals surface area contributed by atoms with Crippen molar-refractivity contribution in [1.29, 1.82) is 0 Å². The summed E-state index contributed by atoms with van der Waals surface area (Å²) >= 11 is 0. The van der Waals surface area contributed by atoms with Gasteiger partial charge in [-0.15, -0.1) is 6.42 Å². The van der Waals surface area contributed by atoms with Crippen LogP contribution in [0.3, 0.4) is 0 Å². The Morgan fingerprint density at radius 3 is 2.33 bits per heavy atom. The lowest BCUT2D eigenvalue weighted by Crippen LogP contribution is -2.52. The molecular formula is C33H35N5O10. The van der Waals surface area contributed by atoms with Crippen LogP contribution in [-0.2, 0) is 32.2 Å². The summed E-state index contributed by atoms with van der Waals surface area (Å²) < 4.78 is 0. The number of carboxylic acids is 3. The molecule has 3 aromatic rings. The Morgan fingerprint density at radius 1 is 1.06 bits per heavy atom. The van der Waals surface area contributed by atoms with Gasteiger partial charge in [-0.05, 0) is 73.2 Å². The van der Waals surface area contributed by atoms with Crippen LogP contribution in [-0.4, -0.2) is 90.7 Å². The Labute approximate surface area is 274 Å². The van der Waals surface area contributed by atoms with Crippen LogP contribution in [0.4, 0.5) is 5.69 Å². The number of aliphatic hydroxyl groups excluding tert-OH is 1. The van der Waals surface area contributed by atoms with Gasteiger partial charge in [-0.1, -0.05) is 5.92 Å². The molecule has 1 heterocycles. The number of amides is 2. The summed E-state index contributed by atoms with van der Waals surface area (Å²) in [4.78, 5) is 82.9. The van der Waals surface area contributed by atoms with E-state index in [1.165, 1.54) is 12.1 Å². The van der Waals surface area contributed by atoms with Gasteiger partial charge in [0.05, 0.1) is 23.5 Å². The quantitative estimate of drug-likeness (QED) is 0.127. The minimum Gasteiger partial charge on any atom is -0.481 e. The monoisotopic (exact) mass is 661 g/mol. The van der Waals surface area contributed by atoms with E-state index in [4.69, 9.17) is 11.5 Å². The van der Waals surface area contributed by atoms with Gasteiger partial charge in [0.2, 0.25) is 5.91 Å². The number of rotatable bonds is 15. The number of hydrogen-bond donors (Lipinski definition) is 6. The second-order valence-corrected chi connectivity index (χ2v) is 11.4. The molecule has 1 aliphatic carbocycles. The van der Waals surface area contributed by atoms with Crippen LogP contribution in [0.15, 0.2) is 41.2 Å². The summed E-state index contributed by atoms with van der Waals surface area (Å²) in [5.41, 5.74) is 2.79. The molecule has 1 aromatic heterocycles. The highest BCUT2D eigenvalue weighted by molar-refractivity contribution is 5.98. The van der Waals surface area contributed by atoms with E-state index >= 15 is 0 Å². The maximum atomic E-state index is 13.3. The summed E-state index contributed by atoms with van der Waals surface area (Å²) in [6, 6.07) is 6.85. The van der Waals surface area contributed by atoms with Crippen molar-refractivity contribution in [2.24, 2.45) is 0 Å². The molecule has 0 bridgehead atoms. The van der Waals surface area contributed by atoms with Crippen molar-refractivity contribution >= 4 is 46.3 Å². The predicted molar refractivity (Wildman–Crippen MR) is 171 cm³/mol. The van der Waals surface area contributed by atoms with Crippen LogP contribution in [0.1, 0.15) is 65.5 Å². The van der Waals surface area contributed by atoms with Gasteiger partial charge in [-0.25, -0.2) is 9.78 Å². The van der Waals surface area contributed by atoms with Crippen LogP contribution in [0.25, 0.3) is 10.9 Å². The van der Waals surface area contributed by atoms with Gasteiger partial charge >= 0.3 is 17.9 Å². The van der Waals surface area contributed by atoms with Crippen LogP contribution in [0.5, 0.6) is 0 Å². The lowest BCUT2D eigenvalue weighted by molar-refractivity contribution is -0.151. The summed E-state index contributed by atoms with van der Waals surface area (Å²) in [7, 11) is 1.15. The number of carbonyl (C=O) groups is 5. The highest BCUT2D eigenvalue weighted by atomic mass is 16.4. The Morgan fingerprint density at radius 2 is 1.73 bits per heavy atom. The molecule has 0 fully saturated rings. The number of aryl methyl sites for hydroxylation is 1. The molecule has 1 aliphatic rings. The Bertz CT molecular complexity index is 1830. The van der Waals surface area contributed by atoms with E-state index in [0.29, 0.717) is 29.4 Å². The standard InChI is InChI=1S/C33H35N5O10/c1-3-14-38(25-10-6-19-15-24-22(16-21(19)25)31(45)36-27(17-39)34-24)20-7-4-18(5-8-20)30(44)35-23(9-12-28(40)41)32(46)37(2)26(33(47)48)11-13-29(42)43/h1,4-5,7-8,15-16,23,25-26,39H,6,9-14,17H2,2H3,(H,35,44)(H,40,41)(H,42,43)(H,47,48)(H,34,36,45)/t23-,25?,26-/m0/s1. The summed E-state index contributed by atoms with van der Waals surface area (Å²) in [6.07, 6.45) is 5.36. The first kappa shape index (κ1) is 35.1. The molecule has 15 nitrogen and oxygen atoms in total. The molecule has 252 valence electrons. The van der Waals surface area contributed by atoms with Crippen molar-refractivity contribution in [3.05, 3.63) is 69.3 Å². The highest BCUT2D eigenvalue weighted by Gasteiger charge is 2.33. The first-order valence-corrected chi connectivity index (χ1v) is 15.0. The number of aromatic amines is 1. The second kappa shape index (κ2) is 15.2. The average molecular weight is 662 g/mol. The van der Waals surface area contributed by atoms with E-state index in [2.05, 4.69) is 21.2 Å². The fourth-order valence-corrected chi connectivity index (χ4v) is 5.86. The van der Waals surface area contributed by atoms with Crippen molar-refractivity contribution in [1.82, 2.24) is 20.2 Å². The molecular weight excluding hydrogens is 626 g/mol. The van der Waals surface area contributed by atoms with Gasteiger partial charge in [-0.2, -0.15) is 0 Å². The number of carboxylic acid groups (broad SMARTS) is 3. The number of aliphatic carboxylic acids is 3. The smallest absolute Gasteiger partial charge is 0.326 e. The number of benzene rings is 2. The molecule has 0 saturated heterocycles. The summed E-state index contributed by atoms with van der Waals surface area (Å²) in [5.74, 6) is -2.71. The molecule has 0 saturated carbocycles. The first-order chi connectivity index (χ1) is 22.8. The van der Waals surface area contributed by atoms with Gasteiger partial charge in [0.25, 0.3) is 11.5 Å². The number of nitrogens with zero attached hydrogens (tertiary/aromatic N) is 3. The van der Waals surface area contributed by atoms with E-state index in [1.807, 2.05) is 11.0 Å². The number of aliphatic hydroxyl groups is 1. The van der Waals surface area contributed by atoms with Gasteiger partial charge in [0.1, 0.15) is 24.5 Å². The Hall–Kier alpha value is -5.75. The molecule has 0 aliphatic heterocycles. The molecule has 1 unspecified atom stereocenters. The number of carbonyl (C=O) groups excluding carboxylic acids is 2. The van der Waals surface area contributed by atoms with Gasteiger partial charge in [-0.3, -0.25) is 24.0 Å². The maximum absolute atomic E-state index is 13.3. The normalized spacial score (nSPS) is 14.7. The van der Waals surface area contributed by atoms with Crippen molar-refractivity contribution < 1.29 is 44.4 Å². The summed E-state index contributed by atoms with van der Waals surface area (Å²) in [5, 5.41) is 40.0. The number of anilines is 1. The molecule has 0 radical (unpaired) electrons. The Kier molecular flexibility index (Phi) is 11.1. The predicted octanol–water partition coefficient (Wildman–Crippen LogP) is 1.28. The molecule has 15 heteroatoms. The maximum Gasteiger partial charge on any atom is 0.326 e. The van der Waals surface area contributed by atoms with E-state index in [0.717, 1.165) is 23.1 Å². The van der Waals surface area contributed by atoms with Gasteiger partial charge < -0.3 is 40.5 Å². The third-order valence-electron chi connectivity index (χ3n) is 8.29. The zero-order valence-corrected chi connectivity index (χ0v) is 26.0. The van der Waals surface area contributed by atoms with Crippen molar-refractivity contribution in [2.45, 2.75) is 63.3 Å². The lowest BCUT2D eigenvalue weighted by atomic mass is 10.0. The number of aromatic nitrogens is 2. The van der Waals surface area contributed by atoms with Gasteiger partial charge in [0, 0.05) is 31.1 Å². The van der Waals surface area contributed by atoms with Crippen LogP contribution >= 0.6 is 0 Å². The Balaban J connectivity index is 1.55. The first-order valence-electron chi connectivity index (χ1n) is 15.0. The zero-order chi connectivity index (χ0) is 35.1. The zero-order valence-electron chi connectivity index (χ0n) is 26.0. The molecule has 2 amide bonds. The van der Waals surface area contributed by atoms with E-state index in [-0.39, 0.29) is 42.4 Å². The van der Waals surface area contributed by atoms with Crippen molar-refractivity contribution in [3.63, 3.8) is 0 Å². The lowest BCUT2D eigenvalue weighted by Gasteiger charge is -2.30. The average Bonchev–Trinajstić information content (AvgIpc) is 3.46. The number of H-pyrrole nitrogens is 1. The van der Waals surface area contributed by atoms with Crippen molar-refractivity contribution in [2.75, 3.05) is 18.5 Å². The third kappa shape index (κ3) is 7.96. The fraction of sp³-hybridized carbons (Fsp3) is 0.364. The van der Waals surface area contributed by atoms with Crippen LogP contribution in [0.2, 0.25) is 0 Å². The van der Waals surface area contributed by atoms with E-state index < -0.39 is 61.3 Å². The van der Waals surface area contributed by atoms with E-state index in [9.17, 15) is 44.1 Å². The van der Waals surface area contributed by atoms with Gasteiger partial charge in [0.15, 0.2) is 0 Å². The third-order valence-corrected chi connectivity index (χ3v) is 8.29. The van der Waals surface area contributed by atoms with Crippen LogP contribution in [0, 0.1) is 12.3 Å². The van der Waals surface area contributed by atoms with Crippen molar-refractivity contribution in [3.8, 4) is 12.3 Å². The second-order valence-electron chi connectivity index (χ2n) is 11.4. The number of terminal acetylenes is 1. The molecule has 48 heavy (non-hydrogen) atoms. The molecule has 3 atom stereocenters. The number of fused-ring (bicyclic) bond motifs is 2. The van der Waals surface area contributed by atoms with E-state index in [1.54, 1.807) is 18.2 Å². The number of nitrogens with one attached hydrogen (secondary N) is 2. The SMILES string of the molecule is C#CCN(c1ccc(C(=O)N[C@@H](CCC(=O)O)C(=O)N(C)[C@@H](CCC(=O)O)C(=O)O)cc1)C1CCc2cc3nc(CO)[nH]c(=O)c3cc21. The summed E-state index contributed by atoms with van der Waals surface area (Å²) in [6.45, 7) is -0.193. The minimum atomic E-state index is -1.51.